The molecule has 0 atom stereocenters. The summed E-state index contributed by atoms with van der Waals surface area (Å²) < 4.78 is 0. The Kier molecular flexibility index (Phi) is 3.93. The van der Waals surface area contributed by atoms with Crippen molar-refractivity contribution in [2.75, 3.05) is 0 Å². The van der Waals surface area contributed by atoms with Crippen LogP contribution in [0.4, 0.5) is 0 Å². The van der Waals surface area contributed by atoms with Gasteiger partial charge in [0.1, 0.15) is 0 Å². The zero-order valence-corrected chi connectivity index (χ0v) is 8.43. The second-order valence-electron chi connectivity index (χ2n) is 3.39. The minimum atomic E-state index is 0.743. The zero-order chi connectivity index (χ0) is 9.68. The van der Waals surface area contributed by atoms with Crippen LogP contribution in [-0.2, 0) is 13.0 Å². The average Bonchev–Trinajstić information content (AvgIpc) is 2.10. The molecule has 1 rings (SSSR count). The van der Waals surface area contributed by atoms with Crippen molar-refractivity contribution in [1.29, 1.82) is 0 Å². The van der Waals surface area contributed by atoms with Gasteiger partial charge in [0.25, 0.3) is 0 Å². The summed E-state index contributed by atoms with van der Waals surface area (Å²) in [5.41, 5.74) is 6.73. The van der Waals surface area contributed by atoms with Crippen LogP contribution in [-0.4, -0.2) is 0 Å². The Hall–Kier alpha value is -0.860. The highest BCUT2D eigenvalue weighted by atomic mass is 15.2. The molecule has 0 radical (unpaired) electrons. The molecule has 72 valence electrons. The van der Waals surface area contributed by atoms with Crippen LogP contribution in [0, 0.1) is 6.92 Å². The standard InChI is InChI=1S/C11H18N2/c1-3-4-11-6-5-10(8-13-12)7-9(11)2/h5-7,13H,3-4,8,12H2,1-2H3. The van der Waals surface area contributed by atoms with Crippen LogP contribution in [0.15, 0.2) is 18.2 Å². The molecule has 0 heterocycles. The van der Waals surface area contributed by atoms with Gasteiger partial charge in [-0.3, -0.25) is 11.3 Å². The molecule has 0 spiro atoms. The summed E-state index contributed by atoms with van der Waals surface area (Å²) in [6.45, 7) is 5.10. The summed E-state index contributed by atoms with van der Waals surface area (Å²) in [6, 6.07) is 6.54. The zero-order valence-electron chi connectivity index (χ0n) is 8.43. The normalized spacial score (nSPS) is 10.4. The lowest BCUT2D eigenvalue weighted by Gasteiger charge is -2.06. The number of aryl methyl sites for hydroxylation is 2. The van der Waals surface area contributed by atoms with E-state index in [4.69, 9.17) is 5.84 Å². The van der Waals surface area contributed by atoms with Crippen molar-refractivity contribution in [3.05, 3.63) is 34.9 Å². The third-order valence-corrected chi connectivity index (χ3v) is 2.23. The topological polar surface area (TPSA) is 38.0 Å². The maximum absolute atomic E-state index is 5.26. The first-order chi connectivity index (χ1) is 6.27. The number of hydrazine groups is 1. The Morgan fingerprint density at radius 3 is 2.69 bits per heavy atom. The first-order valence-corrected chi connectivity index (χ1v) is 4.79. The molecule has 2 nitrogen and oxygen atoms in total. The molecule has 0 bridgehead atoms. The number of benzene rings is 1. The molecule has 0 aliphatic rings. The van der Waals surface area contributed by atoms with E-state index in [1.807, 2.05) is 0 Å². The van der Waals surface area contributed by atoms with E-state index in [1.54, 1.807) is 0 Å². The summed E-state index contributed by atoms with van der Waals surface area (Å²) in [5, 5.41) is 0. The first-order valence-electron chi connectivity index (χ1n) is 4.79. The predicted molar refractivity (Wildman–Crippen MR) is 56.2 cm³/mol. The Balaban J connectivity index is 2.79. The molecule has 0 aromatic heterocycles. The van der Waals surface area contributed by atoms with E-state index in [1.165, 1.54) is 29.5 Å². The molecule has 0 aliphatic carbocycles. The molecule has 0 fully saturated rings. The van der Waals surface area contributed by atoms with Gasteiger partial charge in [0.05, 0.1) is 0 Å². The van der Waals surface area contributed by atoms with Gasteiger partial charge in [0.2, 0.25) is 0 Å². The Labute approximate surface area is 80.1 Å². The monoisotopic (exact) mass is 178 g/mol. The quantitative estimate of drug-likeness (QED) is 0.546. The van der Waals surface area contributed by atoms with Gasteiger partial charge in [-0.2, -0.15) is 0 Å². The molecule has 3 N–H and O–H groups in total. The highest BCUT2D eigenvalue weighted by molar-refractivity contribution is 5.31. The first kappa shape index (κ1) is 10.2. The number of hydrogen-bond acceptors (Lipinski definition) is 2. The lowest BCUT2D eigenvalue weighted by atomic mass is 10.0. The maximum Gasteiger partial charge on any atom is 0.0348 e. The third kappa shape index (κ3) is 2.83. The van der Waals surface area contributed by atoms with Gasteiger partial charge in [-0.25, -0.2) is 0 Å². The highest BCUT2D eigenvalue weighted by Gasteiger charge is 1.98. The van der Waals surface area contributed by atoms with Crippen molar-refractivity contribution in [3.63, 3.8) is 0 Å². The van der Waals surface area contributed by atoms with Crippen molar-refractivity contribution in [2.45, 2.75) is 33.2 Å². The van der Waals surface area contributed by atoms with E-state index in [2.05, 4.69) is 37.5 Å². The Morgan fingerprint density at radius 2 is 2.15 bits per heavy atom. The van der Waals surface area contributed by atoms with E-state index in [9.17, 15) is 0 Å². The van der Waals surface area contributed by atoms with Gasteiger partial charge in [-0.15, -0.1) is 0 Å². The highest BCUT2D eigenvalue weighted by Crippen LogP contribution is 2.12. The van der Waals surface area contributed by atoms with Gasteiger partial charge in [0, 0.05) is 6.54 Å². The van der Waals surface area contributed by atoms with Crippen LogP contribution >= 0.6 is 0 Å². The molecule has 1 aromatic carbocycles. The summed E-state index contributed by atoms with van der Waals surface area (Å²) in [5.74, 6) is 5.26. The fourth-order valence-electron chi connectivity index (χ4n) is 1.54. The molecule has 2 heteroatoms. The van der Waals surface area contributed by atoms with Crippen molar-refractivity contribution >= 4 is 0 Å². The van der Waals surface area contributed by atoms with Crippen LogP contribution in [0.3, 0.4) is 0 Å². The smallest absolute Gasteiger partial charge is 0.0348 e. The van der Waals surface area contributed by atoms with Crippen molar-refractivity contribution in [1.82, 2.24) is 5.43 Å². The number of hydrogen-bond donors (Lipinski definition) is 2. The molecular weight excluding hydrogens is 160 g/mol. The molecule has 0 saturated carbocycles. The third-order valence-electron chi connectivity index (χ3n) is 2.23. The molecule has 13 heavy (non-hydrogen) atoms. The van der Waals surface area contributed by atoms with E-state index in [0.29, 0.717) is 0 Å². The second-order valence-corrected chi connectivity index (χ2v) is 3.39. The van der Waals surface area contributed by atoms with Gasteiger partial charge >= 0.3 is 0 Å². The Bertz CT molecular complexity index is 269. The summed E-state index contributed by atoms with van der Waals surface area (Å²) in [7, 11) is 0. The van der Waals surface area contributed by atoms with Crippen molar-refractivity contribution in [2.24, 2.45) is 5.84 Å². The van der Waals surface area contributed by atoms with Crippen LogP contribution in [0.2, 0.25) is 0 Å². The molecular formula is C11H18N2. The van der Waals surface area contributed by atoms with E-state index in [-0.39, 0.29) is 0 Å². The second kappa shape index (κ2) is 5.00. The molecule has 1 aromatic rings. The van der Waals surface area contributed by atoms with Crippen LogP contribution in [0.1, 0.15) is 30.0 Å². The fourth-order valence-corrected chi connectivity index (χ4v) is 1.54. The van der Waals surface area contributed by atoms with Crippen LogP contribution in [0.25, 0.3) is 0 Å². The van der Waals surface area contributed by atoms with Crippen LogP contribution < -0.4 is 11.3 Å². The van der Waals surface area contributed by atoms with Gasteiger partial charge in [-0.1, -0.05) is 31.5 Å². The Morgan fingerprint density at radius 1 is 1.38 bits per heavy atom. The minimum Gasteiger partial charge on any atom is -0.271 e. The maximum atomic E-state index is 5.26. The SMILES string of the molecule is CCCc1ccc(CNN)cc1C. The lowest BCUT2D eigenvalue weighted by molar-refractivity contribution is 0.740. The van der Waals surface area contributed by atoms with Gasteiger partial charge in [0.15, 0.2) is 0 Å². The minimum absolute atomic E-state index is 0.743. The molecule has 0 unspecified atom stereocenters. The average molecular weight is 178 g/mol. The van der Waals surface area contributed by atoms with Crippen molar-refractivity contribution in [3.8, 4) is 0 Å². The van der Waals surface area contributed by atoms with Crippen molar-refractivity contribution < 1.29 is 0 Å². The molecule has 0 aliphatic heterocycles. The largest absolute Gasteiger partial charge is 0.271 e. The fraction of sp³-hybridized carbons (Fsp3) is 0.455. The predicted octanol–water partition coefficient (Wildman–Crippen LogP) is 1.91. The summed E-state index contributed by atoms with van der Waals surface area (Å²) >= 11 is 0. The van der Waals surface area contributed by atoms with E-state index >= 15 is 0 Å². The molecule has 0 amide bonds. The summed E-state index contributed by atoms with van der Waals surface area (Å²) in [6.07, 6.45) is 2.37. The lowest BCUT2D eigenvalue weighted by Crippen LogP contribution is -2.20. The number of nitrogens with one attached hydrogen (secondary N) is 1. The van der Waals surface area contributed by atoms with Crippen LogP contribution in [0.5, 0.6) is 0 Å². The summed E-state index contributed by atoms with van der Waals surface area (Å²) in [4.78, 5) is 0. The van der Waals surface area contributed by atoms with E-state index < -0.39 is 0 Å². The van der Waals surface area contributed by atoms with E-state index in [0.717, 1.165) is 6.54 Å². The number of nitrogens with two attached hydrogens (primary N) is 1. The molecule has 0 saturated heterocycles. The number of rotatable bonds is 4. The van der Waals surface area contributed by atoms with Gasteiger partial charge in [-0.05, 0) is 30.0 Å². The van der Waals surface area contributed by atoms with Gasteiger partial charge < -0.3 is 0 Å².